The van der Waals surface area contributed by atoms with Gasteiger partial charge < -0.3 is 0 Å². The summed E-state index contributed by atoms with van der Waals surface area (Å²) < 4.78 is 1.54. The van der Waals surface area contributed by atoms with Gasteiger partial charge in [0, 0.05) is 23.3 Å². The van der Waals surface area contributed by atoms with Crippen molar-refractivity contribution in [2.75, 3.05) is 0 Å². The van der Waals surface area contributed by atoms with E-state index in [1.54, 1.807) is 4.68 Å². The summed E-state index contributed by atoms with van der Waals surface area (Å²) in [6.07, 6.45) is 0.864. The first kappa shape index (κ1) is 21.2. The maximum Gasteiger partial charge on any atom is 0.311 e. The SMILES string of the molecule is O=C(/C=N/NC(=O)c1nc(-c2ccccc2)n(-c2ccccc2)n1)c1cccc([N+](=O)[O-])c1. The molecule has 1 aromatic heterocycles. The summed E-state index contributed by atoms with van der Waals surface area (Å²) in [5.41, 5.74) is 3.54. The van der Waals surface area contributed by atoms with E-state index < -0.39 is 16.6 Å². The Bertz CT molecular complexity index is 1290. The van der Waals surface area contributed by atoms with Crippen LogP contribution in [0.1, 0.15) is 21.0 Å². The first-order valence-corrected chi connectivity index (χ1v) is 9.73. The lowest BCUT2D eigenvalue weighted by Crippen LogP contribution is -2.20. The number of hydrogen-bond acceptors (Lipinski definition) is 7. The smallest absolute Gasteiger partial charge is 0.287 e. The molecule has 0 radical (unpaired) electrons. The van der Waals surface area contributed by atoms with E-state index in [-0.39, 0.29) is 17.1 Å². The molecule has 4 aromatic rings. The molecule has 3 aromatic carbocycles. The maximum absolute atomic E-state index is 12.6. The number of amides is 1. The Morgan fingerprint density at radius 3 is 2.36 bits per heavy atom. The molecule has 4 rings (SSSR count). The number of ketones is 1. The highest BCUT2D eigenvalue weighted by molar-refractivity contribution is 6.35. The average Bonchev–Trinajstić information content (AvgIpc) is 3.31. The lowest BCUT2D eigenvalue weighted by atomic mass is 10.1. The fourth-order valence-corrected chi connectivity index (χ4v) is 2.98. The Kier molecular flexibility index (Phi) is 6.08. The second-order valence-corrected chi connectivity index (χ2v) is 6.74. The number of benzene rings is 3. The first-order valence-electron chi connectivity index (χ1n) is 9.73. The van der Waals surface area contributed by atoms with E-state index in [9.17, 15) is 19.7 Å². The van der Waals surface area contributed by atoms with E-state index >= 15 is 0 Å². The van der Waals surface area contributed by atoms with Gasteiger partial charge in [-0.2, -0.15) is 5.10 Å². The third kappa shape index (κ3) is 4.85. The summed E-state index contributed by atoms with van der Waals surface area (Å²) in [4.78, 5) is 39.4. The summed E-state index contributed by atoms with van der Waals surface area (Å²) in [5.74, 6) is -1.00. The number of nitrogens with one attached hydrogen (secondary N) is 1. The third-order valence-electron chi connectivity index (χ3n) is 4.53. The molecule has 0 unspecified atom stereocenters. The minimum atomic E-state index is -0.718. The molecule has 0 saturated carbocycles. The normalized spacial score (nSPS) is 10.8. The van der Waals surface area contributed by atoms with Crippen LogP contribution in [0.5, 0.6) is 0 Å². The molecule has 1 N–H and O–H groups in total. The van der Waals surface area contributed by atoms with Crippen LogP contribution in [0.15, 0.2) is 90.0 Å². The highest BCUT2D eigenvalue weighted by Crippen LogP contribution is 2.21. The number of carbonyl (C=O) groups excluding carboxylic acids is 2. The van der Waals surface area contributed by atoms with Crippen molar-refractivity contribution >= 4 is 23.6 Å². The number of hydrogen-bond donors (Lipinski definition) is 1. The number of rotatable bonds is 7. The highest BCUT2D eigenvalue weighted by Gasteiger charge is 2.18. The molecular weight excluding hydrogens is 424 g/mol. The van der Waals surface area contributed by atoms with Gasteiger partial charge in [0.2, 0.25) is 11.6 Å². The van der Waals surface area contributed by atoms with Gasteiger partial charge in [0.1, 0.15) is 0 Å². The van der Waals surface area contributed by atoms with Gasteiger partial charge in [-0.3, -0.25) is 19.7 Å². The topological polar surface area (TPSA) is 132 Å². The summed E-state index contributed by atoms with van der Waals surface area (Å²) in [7, 11) is 0. The Morgan fingerprint density at radius 1 is 0.970 bits per heavy atom. The molecule has 0 aliphatic carbocycles. The van der Waals surface area contributed by atoms with Crippen molar-refractivity contribution in [2.45, 2.75) is 0 Å². The minimum Gasteiger partial charge on any atom is -0.287 e. The molecule has 0 aliphatic rings. The Balaban J connectivity index is 1.55. The van der Waals surface area contributed by atoms with Crippen LogP contribution in [0.3, 0.4) is 0 Å². The molecule has 0 bridgehead atoms. The van der Waals surface area contributed by atoms with Crippen molar-refractivity contribution in [1.29, 1.82) is 0 Å². The quantitative estimate of drug-likeness (QED) is 0.203. The van der Waals surface area contributed by atoms with Crippen molar-refractivity contribution in [3.63, 3.8) is 0 Å². The van der Waals surface area contributed by atoms with Gasteiger partial charge in [0.25, 0.3) is 5.69 Å². The molecule has 10 heteroatoms. The summed E-state index contributed by atoms with van der Waals surface area (Å²) in [6, 6.07) is 23.7. The molecule has 33 heavy (non-hydrogen) atoms. The van der Waals surface area contributed by atoms with Gasteiger partial charge in [-0.25, -0.2) is 15.1 Å². The van der Waals surface area contributed by atoms with Crippen LogP contribution in [0.4, 0.5) is 5.69 Å². The van der Waals surface area contributed by atoms with Gasteiger partial charge in [0.05, 0.1) is 16.8 Å². The number of nitro benzene ring substituents is 1. The monoisotopic (exact) mass is 440 g/mol. The van der Waals surface area contributed by atoms with Gasteiger partial charge in [-0.15, -0.1) is 5.10 Å². The average molecular weight is 440 g/mol. The van der Waals surface area contributed by atoms with Crippen LogP contribution >= 0.6 is 0 Å². The number of nitrogens with zero attached hydrogens (tertiary/aromatic N) is 5. The van der Waals surface area contributed by atoms with E-state index in [1.165, 1.54) is 18.2 Å². The summed E-state index contributed by atoms with van der Waals surface area (Å²) in [6.45, 7) is 0. The number of Topliss-reactive ketones (excluding diaryl/α,β-unsaturated/α-hetero) is 1. The number of carbonyl (C=O) groups is 2. The van der Waals surface area contributed by atoms with E-state index in [0.717, 1.165) is 17.8 Å². The fraction of sp³-hybridized carbons (Fsp3) is 0. The second-order valence-electron chi connectivity index (χ2n) is 6.74. The Morgan fingerprint density at radius 2 is 1.67 bits per heavy atom. The van der Waals surface area contributed by atoms with Crippen molar-refractivity contribution in [3.8, 4) is 17.1 Å². The maximum atomic E-state index is 12.6. The molecule has 0 atom stereocenters. The van der Waals surface area contributed by atoms with E-state index in [4.69, 9.17) is 0 Å². The molecule has 1 amide bonds. The molecular formula is C23H16N6O4. The highest BCUT2D eigenvalue weighted by atomic mass is 16.6. The second kappa shape index (κ2) is 9.43. The molecule has 0 spiro atoms. The third-order valence-corrected chi connectivity index (χ3v) is 4.53. The van der Waals surface area contributed by atoms with Crippen molar-refractivity contribution < 1.29 is 14.5 Å². The van der Waals surface area contributed by atoms with Crippen LogP contribution in [0.25, 0.3) is 17.1 Å². The fourth-order valence-electron chi connectivity index (χ4n) is 2.98. The first-order chi connectivity index (χ1) is 16.0. The lowest BCUT2D eigenvalue weighted by molar-refractivity contribution is -0.384. The van der Waals surface area contributed by atoms with Crippen molar-refractivity contribution in [1.82, 2.24) is 20.2 Å². The van der Waals surface area contributed by atoms with Crippen LogP contribution in [-0.4, -0.2) is 37.6 Å². The van der Waals surface area contributed by atoms with Crippen LogP contribution in [0.2, 0.25) is 0 Å². The number of hydrazone groups is 1. The summed E-state index contributed by atoms with van der Waals surface area (Å²) in [5, 5.41) is 18.8. The zero-order valence-corrected chi connectivity index (χ0v) is 17.0. The molecule has 0 saturated heterocycles. The molecule has 162 valence electrons. The molecule has 0 fully saturated rings. The lowest BCUT2D eigenvalue weighted by Gasteiger charge is -2.05. The zero-order valence-electron chi connectivity index (χ0n) is 17.0. The predicted octanol–water partition coefficient (Wildman–Crippen LogP) is 3.44. The van der Waals surface area contributed by atoms with Gasteiger partial charge in [0.15, 0.2) is 5.82 Å². The van der Waals surface area contributed by atoms with Crippen LogP contribution in [0, 0.1) is 10.1 Å². The van der Waals surface area contributed by atoms with Gasteiger partial charge in [-0.1, -0.05) is 60.7 Å². The van der Waals surface area contributed by atoms with Crippen molar-refractivity contribution in [3.05, 3.63) is 106 Å². The predicted molar refractivity (Wildman–Crippen MR) is 120 cm³/mol. The zero-order chi connectivity index (χ0) is 23.2. The van der Waals surface area contributed by atoms with Crippen LogP contribution in [-0.2, 0) is 0 Å². The number of aromatic nitrogens is 3. The Labute approximate surface area is 187 Å². The number of para-hydroxylation sites is 1. The molecule has 0 aliphatic heterocycles. The van der Waals surface area contributed by atoms with Gasteiger partial charge in [-0.05, 0) is 12.1 Å². The summed E-state index contributed by atoms with van der Waals surface area (Å²) >= 11 is 0. The molecule has 1 heterocycles. The van der Waals surface area contributed by atoms with Gasteiger partial charge >= 0.3 is 5.91 Å². The van der Waals surface area contributed by atoms with E-state index in [0.29, 0.717) is 11.5 Å². The number of nitro groups is 1. The minimum absolute atomic E-state index is 0.0695. The van der Waals surface area contributed by atoms with Crippen molar-refractivity contribution in [2.24, 2.45) is 5.10 Å². The standard InChI is InChI=1S/C23H16N6O4/c30-20(17-10-7-13-19(14-17)29(32)33)15-24-26-23(31)21-25-22(16-8-3-1-4-9-16)28(27-21)18-11-5-2-6-12-18/h1-15H,(H,26,31)/b24-15+. The van der Waals surface area contributed by atoms with E-state index in [1.807, 2.05) is 60.7 Å². The number of non-ortho nitro benzene ring substituents is 1. The molecule has 10 nitrogen and oxygen atoms in total. The van der Waals surface area contributed by atoms with E-state index in [2.05, 4.69) is 20.6 Å². The van der Waals surface area contributed by atoms with Crippen LogP contribution < -0.4 is 5.43 Å². The largest absolute Gasteiger partial charge is 0.311 e. The Hall–Kier alpha value is -4.99.